The molecular weight excluding hydrogens is 230 g/mol. The molecule has 18 heavy (non-hydrogen) atoms. The molecule has 1 atom stereocenters. The molecule has 1 rings (SSSR count). The first-order valence-corrected chi connectivity index (χ1v) is 5.97. The van der Waals surface area contributed by atoms with Gasteiger partial charge in [0.05, 0.1) is 11.7 Å². The SMILES string of the molecule is CNC(CNC(=O)OC(C)(C)C)c1ccccn1. The molecule has 0 aromatic carbocycles. The van der Waals surface area contributed by atoms with Crippen molar-refractivity contribution < 1.29 is 9.53 Å². The largest absolute Gasteiger partial charge is 0.444 e. The number of ether oxygens (including phenoxy) is 1. The molecule has 0 spiro atoms. The predicted molar refractivity (Wildman–Crippen MR) is 70.3 cm³/mol. The molecule has 1 heterocycles. The molecule has 0 aliphatic heterocycles. The molecule has 1 unspecified atom stereocenters. The van der Waals surface area contributed by atoms with Crippen LogP contribution in [-0.4, -0.2) is 30.3 Å². The Balaban J connectivity index is 2.48. The van der Waals surface area contributed by atoms with E-state index in [1.807, 2.05) is 46.0 Å². The Hall–Kier alpha value is -1.62. The number of hydrogen-bond donors (Lipinski definition) is 2. The van der Waals surface area contributed by atoms with E-state index < -0.39 is 11.7 Å². The first-order valence-electron chi connectivity index (χ1n) is 5.97. The predicted octanol–water partition coefficient (Wildman–Crippen LogP) is 1.87. The summed E-state index contributed by atoms with van der Waals surface area (Å²) in [6.07, 6.45) is 1.31. The van der Waals surface area contributed by atoms with Crippen LogP contribution in [0.15, 0.2) is 24.4 Å². The Kier molecular flexibility index (Phi) is 5.09. The van der Waals surface area contributed by atoms with E-state index in [0.717, 1.165) is 5.69 Å². The smallest absolute Gasteiger partial charge is 0.407 e. The average molecular weight is 251 g/mol. The van der Waals surface area contributed by atoms with E-state index in [1.54, 1.807) is 6.20 Å². The fourth-order valence-corrected chi connectivity index (χ4v) is 1.44. The molecular formula is C13H21N3O2. The fourth-order valence-electron chi connectivity index (χ4n) is 1.44. The minimum Gasteiger partial charge on any atom is -0.444 e. The molecule has 0 aliphatic carbocycles. The first-order chi connectivity index (χ1) is 8.42. The van der Waals surface area contributed by atoms with E-state index in [9.17, 15) is 4.79 Å². The zero-order chi connectivity index (χ0) is 13.6. The summed E-state index contributed by atoms with van der Waals surface area (Å²) >= 11 is 0. The number of likely N-dealkylation sites (N-methyl/N-ethyl adjacent to an activating group) is 1. The van der Waals surface area contributed by atoms with Gasteiger partial charge in [-0.3, -0.25) is 4.98 Å². The number of hydrogen-bond acceptors (Lipinski definition) is 4. The van der Waals surface area contributed by atoms with Crippen LogP contribution in [0, 0.1) is 0 Å². The van der Waals surface area contributed by atoms with Gasteiger partial charge >= 0.3 is 6.09 Å². The summed E-state index contributed by atoms with van der Waals surface area (Å²) in [5, 5.41) is 5.83. The zero-order valence-electron chi connectivity index (χ0n) is 11.4. The zero-order valence-corrected chi connectivity index (χ0v) is 11.4. The third kappa shape index (κ3) is 5.14. The highest BCUT2D eigenvalue weighted by Gasteiger charge is 2.17. The lowest BCUT2D eigenvalue weighted by Gasteiger charge is -2.21. The second-order valence-electron chi connectivity index (χ2n) is 4.98. The van der Waals surface area contributed by atoms with Crippen molar-refractivity contribution in [3.8, 4) is 0 Å². The third-order valence-electron chi connectivity index (χ3n) is 2.24. The molecule has 100 valence electrons. The van der Waals surface area contributed by atoms with Crippen LogP contribution in [0.1, 0.15) is 32.5 Å². The average Bonchev–Trinajstić information content (AvgIpc) is 2.29. The Labute approximate surface area is 108 Å². The van der Waals surface area contributed by atoms with Gasteiger partial charge in [0.2, 0.25) is 0 Å². The second kappa shape index (κ2) is 6.35. The van der Waals surface area contributed by atoms with Crippen molar-refractivity contribution >= 4 is 6.09 Å². The lowest BCUT2D eigenvalue weighted by Crippen LogP contribution is -2.37. The van der Waals surface area contributed by atoms with E-state index in [4.69, 9.17) is 4.74 Å². The van der Waals surface area contributed by atoms with Crippen LogP contribution >= 0.6 is 0 Å². The van der Waals surface area contributed by atoms with Crippen molar-refractivity contribution in [2.45, 2.75) is 32.4 Å². The van der Waals surface area contributed by atoms with Gasteiger partial charge in [-0.2, -0.15) is 0 Å². The molecule has 0 radical (unpaired) electrons. The maximum absolute atomic E-state index is 11.5. The number of nitrogens with zero attached hydrogens (tertiary/aromatic N) is 1. The lowest BCUT2D eigenvalue weighted by atomic mass is 10.2. The summed E-state index contributed by atoms with van der Waals surface area (Å²) in [7, 11) is 1.83. The summed E-state index contributed by atoms with van der Waals surface area (Å²) in [4.78, 5) is 15.8. The molecule has 5 nitrogen and oxygen atoms in total. The molecule has 0 saturated heterocycles. The first kappa shape index (κ1) is 14.4. The highest BCUT2D eigenvalue weighted by atomic mass is 16.6. The van der Waals surface area contributed by atoms with Crippen molar-refractivity contribution in [3.63, 3.8) is 0 Å². The molecule has 0 saturated carbocycles. The van der Waals surface area contributed by atoms with Crippen LogP contribution in [0.3, 0.4) is 0 Å². The summed E-state index contributed by atoms with van der Waals surface area (Å²) < 4.78 is 5.17. The monoisotopic (exact) mass is 251 g/mol. The van der Waals surface area contributed by atoms with E-state index >= 15 is 0 Å². The highest BCUT2D eigenvalue weighted by Crippen LogP contribution is 2.09. The number of pyridine rings is 1. The van der Waals surface area contributed by atoms with Gasteiger partial charge in [-0.25, -0.2) is 4.79 Å². The minimum atomic E-state index is -0.482. The van der Waals surface area contributed by atoms with Gasteiger partial charge in [-0.05, 0) is 40.0 Å². The van der Waals surface area contributed by atoms with E-state index in [1.165, 1.54) is 0 Å². The number of amides is 1. The lowest BCUT2D eigenvalue weighted by molar-refractivity contribution is 0.0522. The molecule has 1 aromatic heterocycles. The van der Waals surface area contributed by atoms with Crippen LogP contribution in [0.25, 0.3) is 0 Å². The van der Waals surface area contributed by atoms with Crippen molar-refractivity contribution in [1.82, 2.24) is 15.6 Å². The van der Waals surface area contributed by atoms with Gasteiger partial charge in [0, 0.05) is 12.7 Å². The Bertz CT molecular complexity index is 374. The molecule has 0 aliphatic rings. The second-order valence-corrected chi connectivity index (χ2v) is 4.98. The third-order valence-corrected chi connectivity index (χ3v) is 2.24. The Morgan fingerprint density at radius 2 is 2.17 bits per heavy atom. The minimum absolute atomic E-state index is 0.0290. The number of carbonyl (C=O) groups is 1. The van der Waals surface area contributed by atoms with Crippen molar-refractivity contribution in [2.75, 3.05) is 13.6 Å². The molecule has 1 amide bonds. The van der Waals surface area contributed by atoms with Crippen LogP contribution in [-0.2, 0) is 4.74 Å². The number of alkyl carbamates (subject to hydrolysis) is 1. The van der Waals surface area contributed by atoms with Gasteiger partial charge < -0.3 is 15.4 Å². The van der Waals surface area contributed by atoms with Gasteiger partial charge in [-0.15, -0.1) is 0 Å². The van der Waals surface area contributed by atoms with Gasteiger partial charge in [0.15, 0.2) is 0 Å². The van der Waals surface area contributed by atoms with Crippen molar-refractivity contribution in [1.29, 1.82) is 0 Å². The molecule has 1 aromatic rings. The van der Waals surface area contributed by atoms with Gasteiger partial charge in [0.1, 0.15) is 5.60 Å². The normalized spacial score (nSPS) is 12.9. The van der Waals surface area contributed by atoms with E-state index in [0.29, 0.717) is 6.54 Å². The maximum atomic E-state index is 11.5. The number of carbonyl (C=O) groups excluding carboxylic acids is 1. The standard InChI is InChI=1S/C13H21N3O2/c1-13(2,3)18-12(17)16-9-11(14-4)10-7-5-6-8-15-10/h5-8,11,14H,9H2,1-4H3,(H,16,17). The summed E-state index contributed by atoms with van der Waals surface area (Å²) in [5.41, 5.74) is 0.403. The highest BCUT2D eigenvalue weighted by molar-refractivity contribution is 5.67. The Morgan fingerprint density at radius 3 is 2.67 bits per heavy atom. The molecule has 0 fully saturated rings. The topological polar surface area (TPSA) is 63.2 Å². The van der Waals surface area contributed by atoms with Crippen molar-refractivity contribution in [3.05, 3.63) is 30.1 Å². The van der Waals surface area contributed by atoms with Crippen LogP contribution in [0.4, 0.5) is 4.79 Å². The van der Waals surface area contributed by atoms with Crippen LogP contribution < -0.4 is 10.6 Å². The number of aromatic nitrogens is 1. The summed E-state index contributed by atoms with van der Waals surface area (Å²) in [6.45, 7) is 5.94. The summed E-state index contributed by atoms with van der Waals surface area (Å²) in [5.74, 6) is 0. The number of nitrogens with one attached hydrogen (secondary N) is 2. The van der Waals surface area contributed by atoms with E-state index in [2.05, 4.69) is 15.6 Å². The molecule has 5 heteroatoms. The van der Waals surface area contributed by atoms with Crippen molar-refractivity contribution in [2.24, 2.45) is 0 Å². The number of rotatable bonds is 4. The summed E-state index contributed by atoms with van der Waals surface area (Å²) in [6, 6.07) is 5.66. The van der Waals surface area contributed by atoms with Gasteiger partial charge in [0.25, 0.3) is 0 Å². The fraction of sp³-hybridized carbons (Fsp3) is 0.538. The molecule has 0 bridgehead atoms. The molecule has 2 N–H and O–H groups in total. The van der Waals surface area contributed by atoms with Gasteiger partial charge in [-0.1, -0.05) is 6.07 Å². The Morgan fingerprint density at radius 1 is 1.44 bits per heavy atom. The van der Waals surface area contributed by atoms with Crippen LogP contribution in [0.5, 0.6) is 0 Å². The van der Waals surface area contributed by atoms with Crippen LogP contribution in [0.2, 0.25) is 0 Å². The maximum Gasteiger partial charge on any atom is 0.407 e. The van der Waals surface area contributed by atoms with E-state index in [-0.39, 0.29) is 6.04 Å². The quantitative estimate of drug-likeness (QED) is 0.857.